The fourth-order valence-electron chi connectivity index (χ4n) is 1.59. The molecule has 1 aromatic heterocycles. The molecule has 1 unspecified atom stereocenters. The Morgan fingerprint density at radius 3 is 3.27 bits per heavy atom. The van der Waals surface area contributed by atoms with Crippen LogP contribution in [0.1, 0.15) is 12.8 Å². The Kier molecular flexibility index (Phi) is 2.86. The summed E-state index contributed by atoms with van der Waals surface area (Å²) >= 11 is 0. The van der Waals surface area contributed by atoms with Crippen LogP contribution in [-0.2, 0) is 0 Å². The smallest absolute Gasteiger partial charge is 0.277 e. The summed E-state index contributed by atoms with van der Waals surface area (Å²) in [6.45, 7) is 1.52. The van der Waals surface area contributed by atoms with E-state index in [9.17, 15) is 4.79 Å². The van der Waals surface area contributed by atoms with Gasteiger partial charge in [-0.05, 0) is 19.4 Å². The summed E-state index contributed by atoms with van der Waals surface area (Å²) in [6.07, 6.45) is 3.53. The van der Waals surface area contributed by atoms with Crippen molar-refractivity contribution < 1.29 is 4.74 Å². The number of aromatic nitrogens is 2. The number of nitrogens with two attached hydrogens (primary N) is 1. The first kappa shape index (κ1) is 9.97. The highest BCUT2D eigenvalue weighted by Gasteiger charge is 2.15. The lowest BCUT2D eigenvalue weighted by Gasteiger charge is -2.11. The molecule has 1 aliphatic rings. The molecule has 2 heterocycles. The van der Waals surface area contributed by atoms with Crippen LogP contribution in [0.5, 0.6) is 5.88 Å². The molecule has 0 spiro atoms. The van der Waals surface area contributed by atoms with E-state index in [-0.39, 0.29) is 17.1 Å². The lowest BCUT2D eigenvalue weighted by Crippen LogP contribution is -2.29. The van der Waals surface area contributed by atoms with Crippen LogP contribution in [0.15, 0.2) is 11.1 Å². The van der Waals surface area contributed by atoms with Gasteiger partial charge in [-0.3, -0.25) is 4.79 Å². The van der Waals surface area contributed by atoms with Gasteiger partial charge in [-0.25, -0.2) is 4.98 Å². The first-order valence-corrected chi connectivity index (χ1v) is 4.96. The number of anilines is 1. The molecular weight excluding hydrogens is 196 g/mol. The van der Waals surface area contributed by atoms with Crippen molar-refractivity contribution in [3.8, 4) is 5.88 Å². The Hall–Kier alpha value is -1.56. The molecule has 15 heavy (non-hydrogen) atoms. The summed E-state index contributed by atoms with van der Waals surface area (Å²) in [5, 5.41) is 3.28. The maximum Gasteiger partial charge on any atom is 0.277 e. The van der Waals surface area contributed by atoms with E-state index in [0.717, 1.165) is 19.4 Å². The van der Waals surface area contributed by atoms with E-state index in [1.54, 1.807) is 0 Å². The van der Waals surface area contributed by atoms with Crippen LogP contribution >= 0.6 is 0 Å². The molecule has 1 atom stereocenters. The second-order valence-corrected chi connectivity index (χ2v) is 3.55. The highest BCUT2D eigenvalue weighted by Crippen LogP contribution is 2.13. The number of nitrogens with zero attached hydrogens (tertiary/aromatic N) is 1. The minimum absolute atomic E-state index is 0.0375. The van der Waals surface area contributed by atoms with Gasteiger partial charge in [-0.15, -0.1) is 0 Å². The Balaban J connectivity index is 1.98. The van der Waals surface area contributed by atoms with Crippen LogP contribution in [-0.4, -0.2) is 29.2 Å². The minimum atomic E-state index is -0.362. The second kappa shape index (κ2) is 4.31. The average molecular weight is 210 g/mol. The predicted molar refractivity (Wildman–Crippen MR) is 55.8 cm³/mol. The quantitative estimate of drug-likeness (QED) is 0.624. The normalized spacial score (nSPS) is 20.4. The third kappa shape index (κ3) is 2.27. The third-order valence-corrected chi connectivity index (χ3v) is 2.44. The standard InChI is InChI=1S/C9H14N4O2/c10-7-8(14)12-5-13-9(7)15-4-6-2-1-3-11-6/h5-6,11H,1-4,10H2,(H,12,13,14). The van der Waals surface area contributed by atoms with E-state index in [1.165, 1.54) is 6.33 Å². The second-order valence-electron chi connectivity index (χ2n) is 3.55. The van der Waals surface area contributed by atoms with Gasteiger partial charge in [0.1, 0.15) is 6.61 Å². The number of nitrogen functional groups attached to an aromatic ring is 1. The number of ether oxygens (including phenoxy) is 1. The Labute approximate surface area is 86.9 Å². The summed E-state index contributed by atoms with van der Waals surface area (Å²) in [7, 11) is 0. The number of nitrogens with one attached hydrogen (secondary N) is 2. The zero-order valence-electron chi connectivity index (χ0n) is 8.32. The van der Waals surface area contributed by atoms with Crippen molar-refractivity contribution in [2.75, 3.05) is 18.9 Å². The summed E-state index contributed by atoms with van der Waals surface area (Å²) in [5.74, 6) is 0.215. The van der Waals surface area contributed by atoms with Gasteiger partial charge in [0.25, 0.3) is 5.56 Å². The first-order chi connectivity index (χ1) is 7.27. The fourth-order valence-corrected chi connectivity index (χ4v) is 1.59. The minimum Gasteiger partial charge on any atom is -0.474 e. The van der Waals surface area contributed by atoms with Crippen LogP contribution in [0.2, 0.25) is 0 Å². The maximum atomic E-state index is 11.1. The molecule has 0 amide bonds. The van der Waals surface area contributed by atoms with Gasteiger partial charge in [0.05, 0.1) is 6.33 Å². The molecule has 0 radical (unpaired) electrons. The van der Waals surface area contributed by atoms with E-state index in [0.29, 0.717) is 12.6 Å². The molecule has 0 bridgehead atoms. The highest BCUT2D eigenvalue weighted by molar-refractivity contribution is 5.44. The fraction of sp³-hybridized carbons (Fsp3) is 0.556. The molecule has 1 aromatic rings. The predicted octanol–water partition coefficient (Wildman–Crippen LogP) is -0.517. The van der Waals surface area contributed by atoms with Crippen molar-refractivity contribution in [3.05, 3.63) is 16.7 Å². The van der Waals surface area contributed by atoms with Gasteiger partial charge in [0, 0.05) is 6.04 Å². The SMILES string of the molecule is Nc1c(OCC2CCCN2)nc[nH]c1=O. The van der Waals surface area contributed by atoms with Crippen LogP contribution in [0, 0.1) is 0 Å². The van der Waals surface area contributed by atoms with Crippen LogP contribution in [0.3, 0.4) is 0 Å². The maximum absolute atomic E-state index is 11.1. The van der Waals surface area contributed by atoms with Crippen molar-refractivity contribution in [2.45, 2.75) is 18.9 Å². The molecule has 2 rings (SSSR count). The number of aromatic amines is 1. The van der Waals surface area contributed by atoms with Gasteiger partial charge in [-0.2, -0.15) is 0 Å². The largest absolute Gasteiger partial charge is 0.474 e. The van der Waals surface area contributed by atoms with Crippen LogP contribution in [0.4, 0.5) is 5.69 Å². The number of hydrogen-bond donors (Lipinski definition) is 3. The van der Waals surface area contributed by atoms with E-state index in [4.69, 9.17) is 10.5 Å². The zero-order valence-corrected chi connectivity index (χ0v) is 8.32. The topological polar surface area (TPSA) is 93.0 Å². The van der Waals surface area contributed by atoms with E-state index in [1.807, 2.05) is 0 Å². The molecule has 6 nitrogen and oxygen atoms in total. The molecule has 82 valence electrons. The van der Waals surface area contributed by atoms with E-state index in [2.05, 4.69) is 15.3 Å². The molecule has 0 saturated carbocycles. The Morgan fingerprint density at radius 2 is 2.53 bits per heavy atom. The first-order valence-electron chi connectivity index (χ1n) is 4.96. The molecule has 1 fully saturated rings. The summed E-state index contributed by atoms with van der Waals surface area (Å²) in [4.78, 5) is 17.4. The average Bonchev–Trinajstić information content (AvgIpc) is 2.73. The Bertz CT molecular complexity index is 384. The molecule has 0 aromatic carbocycles. The Morgan fingerprint density at radius 1 is 1.67 bits per heavy atom. The lowest BCUT2D eigenvalue weighted by molar-refractivity contribution is 0.268. The van der Waals surface area contributed by atoms with Gasteiger partial charge in [0.15, 0.2) is 5.69 Å². The number of hydrogen-bond acceptors (Lipinski definition) is 5. The number of rotatable bonds is 3. The van der Waals surface area contributed by atoms with Crippen molar-refractivity contribution in [3.63, 3.8) is 0 Å². The van der Waals surface area contributed by atoms with Crippen molar-refractivity contribution in [1.29, 1.82) is 0 Å². The summed E-state index contributed by atoms with van der Waals surface area (Å²) < 4.78 is 5.38. The van der Waals surface area contributed by atoms with Crippen LogP contribution < -0.4 is 21.3 Å². The van der Waals surface area contributed by atoms with E-state index < -0.39 is 0 Å². The molecular formula is C9H14N4O2. The number of H-pyrrole nitrogens is 1. The molecule has 6 heteroatoms. The monoisotopic (exact) mass is 210 g/mol. The van der Waals surface area contributed by atoms with Crippen molar-refractivity contribution in [1.82, 2.24) is 15.3 Å². The molecule has 1 saturated heterocycles. The van der Waals surface area contributed by atoms with Gasteiger partial charge >= 0.3 is 0 Å². The molecule has 1 aliphatic heterocycles. The summed E-state index contributed by atoms with van der Waals surface area (Å²) in [5.41, 5.74) is 5.19. The molecule has 0 aliphatic carbocycles. The van der Waals surface area contributed by atoms with Crippen LogP contribution in [0.25, 0.3) is 0 Å². The highest BCUT2D eigenvalue weighted by atomic mass is 16.5. The summed E-state index contributed by atoms with van der Waals surface area (Å²) in [6, 6.07) is 0.338. The van der Waals surface area contributed by atoms with E-state index >= 15 is 0 Å². The van der Waals surface area contributed by atoms with Gasteiger partial charge < -0.3 is 20.8 Å². The van der Waals surface area contributed by atoms with Gasteiger partial charge in [0.2, 0.25) is 5.88 Å². The zero-order chi connectivity index (χ0) is 10.7. The van der Waals surface area contributed by atoms with Gasteiger partial charge in [-0.1, -0.05) is 0 Å². The third-order valence-electron chi connectivity index (χ3n) is 2.44. The molecule has 4 N–H and O–H groups in total. The van der Waals surface area contributed by atoms with Crippen molar-refractivity contribution >= 4 is 5.69 Å². The lowest BCUT2D eigenvalue weighted by atomic mass is 10.2. The van der Waals surface area contributed by atoms with Crippen molar-refractivity contribution in [2.24, 2.45) is 0 Å².